The van der Waals surface area contributed by atoms with E-state index in [-0.39, 0.29) is 17.3 Å². The molecular formula is C15H12ClFO2S. The quantitative estimate of drug-likeness (QED) is 0.602. The van der Waals surface area contributed by atoms with Crippen molar-refractivity contribution in [2.75, 3.05) is 12.9 Å². The number of ketones is 1. The van der Waals surface area contributed by atoms with Crippen LogP contribution in [0.25, 0.3) is 0 Å². The molecule has 2 aromatic carbocycles. The lowest BCUT2D eigenvalue weighted by Crippen LogP contribution is -2.03. The van der Waals surface area contributed by atoms with Gasteiger partial charge in [-0.2, -0.15) is 0 Å². The van der Waals surface area contributed by atoms with Crippen molar-refractivity contribution in [2.45, 2.75) is 4.90 Å². The molecule has 0 aliphatic rings. The van der Waals surface area contributed by atoms with Crippen LogP contribution in [-0.4, -0.2) is 18.6 Å². The molecule has 104 valence electrons. The van der Waals surface area contributed by atoms with E-state index in [1.54, 1.807) is 12.1 Å². The Morgan fingerprint density at radius 3 is 2.70 bits per heavy atom. The van der Waals surface area contributed by atoms with E-state index in [1.807, 2.05) is 18.2 Å². The normalized spacial score (nSPS) is 10.3. The first-order valence-corrected chi connectivity index (χ1v) is 7.22. The molecular weight excluding hydrogens is 299 g/mol. The van der Waals surface area contributed by atoms with E-state index in [1.165, 1.54) is 31.0 Å². The molecule has 0 aromatic heterocycles. The minimum absolute atomic E-state index is 0.125. The van der Waals surface area contributed by atoms with Crippen LogP contribution in [0, 0.1) is 5.82 Å². The molecule has 2 rings (SSSR count). The van der Waals surface area contributed by atoms with Crippen LogP contribution in [0.3, 0.4) is 0 Å². The molecule has 0 radical (unpaired) electrons. The third-order valence-corrected chi connectivity index (χ3v) is 4.18. The van der Waals surface area contributed by atoms with Crippen molar-refractivity contribution in [3.63, 3.8) is 0 Å². The van der Waals surface area contributed by atoms with Crippen molar-refractivity contribution in [2.24, 2.45) is 0 Å². The first-order chi connectivity index (χ1) is 9.61. The highest BCUT2D eigenvalue weighted by molar-refractivity contribution is 8.00. The summed E-state index contributed by atoms with van der Waals surface area (Å²) in [6.07, 6.45) is 0. The van der Waals surface area contributed by atoms with Crippen molar-refractivity contribution < 1.29 is 13.9 Å². The van der Waals surface area contributed by atoms with Gasteiger partial charge in [-0.25, -0.2) is 4.39 Å². The predicted octanol–water partition coefficient (Wildman–Crippen LogP) is 4.46. The van der Waals surface area contributed by atoms with Crippen molar-refractivity contribution in [1.82, 2.24) is 0 Å². The molecule has 20 heavy (non-hydrogen) atoms. The SMILES string of the molecule is COc1ccc(C(=O)CSc2ccccc2Cl)cc1F. The number of thioether (sulfide) groups is 1. The number of hydrogen-bond donors (Lipinski definition) is 0. The summed E-state index contributed by atoms with van der Waals surface area (Å²) in [7, 11) is 1.38. The van der Waals surface area contributed by atoms with Crippen LogP contribution >= 0.6 is 23.4 Å². The van der Waals surface area contributed by atoms with Gasteiger partial charge < -0.3 is 4.74 Å². The van der Waals surface area contributed by atoms with Gasteiger partial charge in [-0.3, -0.25) is 4.79 Å². The fourth-order valence-electron chi connectivity index (χ4n) is 1.63. The van der Waals surface area contributed by atoms with Gasteiger partial charge in [0.05, 0.1) is 17.9 Å². The van der Waals surface area contributed by atoms with Gasteiger partial charge in [0, 0.05) is 10.5 Å². The monoisotopic (exact) mass is 310 g/mol. The summed E-state index contributed by atoms with van der Waals surface area (Å²) in [6, 6.07) is 11.5. The second-order valence-corrected chi connectivity index (χ2v) is 5.42. The average Bonchev–Trinajstić information content (AvgIpc) is 2.46. The van der Waals surface area contributed by atoms with Crippen molar-refractivity contribution in [1.29, 1.82) is 0 Å². The number of carbonyl (C=O) groups is 1. The molecule has 2 nitrogen and oxygen atoms in total. The van der Waals surface area contributed by atoms with Crippen LogP contribution in [0.5, 0.6) is 5.75 Å². The number of Topliss-reactive ketones (excluding diaryl/α,β-unsaturated/α-hetero) is 1. The van der Waals surface area contributed by atoms with Crippen molar-refractivity contribution >= 4 is 29.1 Å². The highest BCUT2D eigenvalue weighted by atomic mass is 35.5. The van der Waals surface area contributed by atoms with Crippen molar-refractivity contribution in [3.8, 4) is 5.75 Å². The standard InChI is InChI=1S/C15H12ClFO2S/c1-19-14-7-6-10(8-12(14)17)13(18)9-20-15-5-3-2-4-11(15)16/h2-8H,9H2,1H3. The summed E-state index contributed by atoms with van der Waals surface area (Å²) in [4.78, 5) is 12.8. The number of halogens is 2. The molecule has 5 heteroatoms. The average molecular weight is 311 g/mol. The lowest BCUT2D eigenvalue weighted by Gasteiger charge is -2.05. The van der Waals surface area contributed by atoms with E-state index in [4.69, 9.17) is 16.3 Å². The molecule has 0 atom stereocenters. The summed E-state index contributed by atoms with van der Waals surface area (Å²) in [5.41, 5.74) is 0.322. The Kier molecular flexibility index (Phi) is 5.04. The fourth-order valence-corrected chi connectivity index (χ4v) is 2.76. The molecule has 0 amide bonds. The molecule has 2 aromatic rings. The van der Waals surface area contributed by atoms with Gasteiger partial charge in [0.1, 0.15) is 0 Å². The minimum Gasteiger partial charge on any atom is -0.494 e. The Labute approximate surface area is 125 Å². The van der Waals surface area contributed by atoms with Gasteiger partial charge in [-0.05, 0) is 30.3 Å². The molecule has 0 saturated heterocycles. The topological polar surface area (TPSA) is 26.3 Å². The lowest BCUT2D eigenvalue weighted by molar-refractivity contribution is 0.102. The highest BCUT2D eigenvalue weighted by Crippen LogP contribution is 2.27. The maximum absolute atomic E-state index is 13.5. The summed E-state index contributed by atoms with van der Waals surface area (Å²) in [5, 5.41) is 0.603. The van der Waals surface area contributed by atoms with Crippen LogP contribution < -0.4 is 4.74 Å². The summed E-state index contributed by atoms with van der Waals surface area (Å²) >= 11 is 7.34. The zero-order chi connectivity index (χ0) is 14.5. The van der Waals surface area contributed by atoms with Gasteiger partial charge in [0.25, 0.3) is 0 Å². The molecule has 0 heterocycles. The van der Waals surface area contributed by atoms with E-state index in [0.717, 1.165) is 4.90 Å². The molecule has 0 spiro atoms. The summed E-state index contributed by atoms with van der Waals surface area (Å²) in [6.45, 7) is 0. The van der Waals surface area contributed by atoms with Gasteiger partial charge in [0.15, 0.2) is 17.3 Å². The largest absolute Gasteiger partial charge is 0.494 e. The number of hydrogen-bond acceptors (Lipinski definition) is 3. The first kappa shape index (κ1) is 14.9. The Bertz CT molecular complexity index is 631. The van der Waals surface area contributed by atoms with Gasteiger partial charge in [-0.1, -0.05) is 23.7 Å². The Hall–Kier alpha value is -1.52. The highest BCUT2D eigenvalue weighted by Gasteiger charge is 2.11. The third kappa shape index (κ3) is 3.52. The first-order valence-electron chi connectivity index (χ1n) is 5.86. The molecule has 0 aliphatic heterocycles. The number of benzene rings is 2. The van der Waals surface area contributed by atoms with Crippen LogP contribution in [-0.2, 0) is 0 Å². The van der Waals surface area contributed by atoms with Crippen molar-refractivity contribution in [3.05, 3.63) is 58.9 Å². The Morgan fingerprint density at radius 1 is 1.30 bits per heavy atom. The Balaban J connectivity index is 2.05. The zero-order valence-electron chi connectivity index (χ0n) is 10.7. The third-order valence-electron chi connectivity index (χ3n) is 2.67. The maximum atomic E-state index is 13.5. The smallest absolute Gasteiger partial charge is 0.173 e. The molecule has 0 saturated carbocycles. The number of methoxy groups -OCH3 is 1. The molecule has 0 bridgehead atoms. The van der Waals surface area contributed by atoms with Gasteiger partial charge in [-0.15, -0.1) is 11.8 Å². The molecule has 0 unspecified atom stereocenters. The molecule has 0 aliphatic carbocycles. The van der Waals surface area contributed by atoms with Crippen LogP contribution in [0.1, 0.15) is 10.4 Å². The summed E-state index contributed by atoms with van der Waals surface area (Å²) in [5.74, 6) is -0.368. The van der Waals surface area contributed by atoms with Crippen LogP contribution in [0.4, 0.5) is 4.39 Å². The summed E-state index contributed by atoms with van der Waals surface area (Å²) < 4.78 is 18.3. The molecule has 0 fully saturated rings. The second-order valence-electron chi connectivity index (χ2n) is 3.99. The van der Waals surface area contributed by atoms with E-state index in [0.29, 0.717) is 10.6 Å². The molecule has 0 N–H and O–H groups in total. The number of carbonyl (C=O) groups excluding carboxylic acids is 1. The fraction of sp³-hybridized carbons (Fsp3) is 0.133. The second kappa shape index (κ2) is 6.77. The minimum atomic E-state index is -0.541. The van der Waals surface area contributed by atoms with Gasteiger partial charge in [0.2, 0.25) is 0 Å². The Morgan fingerprint density at radius 2 is 2.05 bits per heavy atom. The van der Waals surface area contributed by atoms with E-state index in [9.17, 15) is 9.18 Å². The van der Waals surface area contributed by atoms with E-state index < -0.39 is 5.82 Å². The van der Waals surface area contributed by atoms with Crippen LogP contribution in [0.15, 0.2) is 47.4 Å². The predicted molar refractivity (Wildman–Crippen MR) is 79.5 cm³/mol. The lowest BCUT2D eigenvalue weighted by atomic mass is 10.1. The van der Waals surface area contributed by atoms with E-state index in [2.05, 4.69) is 0 Å². The van der Waals surface area contributed by atoms with Gasteiger partial charge >= 0.3 is 0 Å². The number of ether oxygens (including phenoxy) is 1. The van der Waals surface area contributed by atoms with Crippen LogP contribution in [0.2, 0.25) is 5.02 Å². The van der Waals surface area contributed by atoms with E-state index >= 15 is 0 Å². The zero-order valence-corrected chi connectivity index (χ0v) is 12.3. The maximum Gasteiger partial charge on any atom is 0.173 e. The number of rotatable bonds is 5.